The molecule has 0 spiro atoms. The molecule has 2 heterocycles. The minimum absolute atomic E-state index is 0.577. The lowest BCUT2D eigenvalue weighted by molar-refractivity contribution is 0.416. The Morgan fingerprint density at radius 2 is 1.88 bits per heavy atom. The van der Waals surface area contributed by atoms with Crippen LogP contribution in [0.3, 0.4) is 0 Å². The Kier molecular flexibility index (Phi) is 5.09. The van der Waals surface area contributed by atoms with E-state index < -0.39 is 0 Å². The van der Waals surface area contributed by atoms with Crippen molar-refractivity contribution in [3.63, 3.8) is 0 Å². The summed E-state index contributed by atoms with van der Waals surface area (Å²) in [6.07, 6.45) is 3.53. The van der Waals surface area contributed by atoms with Crippen LogP contribution in [0.1, 0.15) is 11.1 Å². The van der Waals surface area contributed by atoms with Gasteiger partial charge in [0.1, 0.15) is 16.8 Å². The van der Waals surface area contributed by atoms with Crippen LogP contribution in [0.15, 0.2) is 66.0 Å². The van der Waals surface area contributed by atoms with Gasteiger partial charge in [-0.05, 0) is 42.0 Å². The fraction of sp³-hybridized carbons (Fsp3) is 0.105. The Balaban J connectivity index is 1.92. The van der Waals surface area contributed by atoms with Crippen molar-refractivity contribution in [1.29, 1.82) is 5.26 Å². The van der Waals surface area contributed by atoms with Crippen molar-refractivity contribution in [3.8, 4) is 23.1 Å². The number of benzene rings is 1. The van der Waals surface area contributed by atoms with E-state index in [9.17, 15) is 5.26 Å². The van der Waals surface area contributed by atoms with Crippen LogP contribution in [-0.4, -0.2) is 17.1 Å². The predicted octanol–water partition coefficient (Wildman–Crippen LogP) is 4.32. The second kappa shape index (κ2) is 7.62. The Labute approximate surface area is 145 Å². The van der Waals surface area contributed by atoms with Crippen molar-refractivity contribution in [2.75, 3.05) is 7.11 Å². The summed E-state index contributed by atoms with van der Waals surface area (Å²) in [5, 5.41) is 10.1. The molecule has 0 N–H and O–H groups in total. The molecule has 0 unspecified atom stereocenters. The summed E-state index contributed by atoms with van der Waals surface area (Å²) in [5.41, 5.74) is 3.43. The van der Waals surface area contributed by atoms with Crippen LogP contribution >= 0.6 is 11.8 Å². The van der Waals surface area contributed by atoms with E-state index in [0.29, 0.717) is 5.56 Å². The number of hydrogen-bond acceptors (Lipinski definition) is 5. The van der Waals surface area contributed by atoms with Gasteiger partial charge in [-0.15, -0.1) is 11.8 Å². The first-order valence-electron chi connectivity index (χ1n) is 7.38. The highest BCUT2D eigenvalue weighted by atomic mass is 32.2. The average molecular weight is 333 g/mol. The van der Waals surface area contributed by atoms with E-state index in [1.54, 1.807) is 31.3 Å². The van der Waals surface area contributed by atoms with Gasteiger partial charge in [0.15, 0.2) is 0 Å². The molecule has 0 fully saturated rings. The molecule has 0 bridgehead atoms. The van der Waals surface area contributed by atoms with Gasteiger partial charge in [-0.1, -0.05) is 12.1 Å². The van der Waals surface area contributed by atoms with Gasteiger partial charge in [0.05, 0.1) is 18.4 Å². The lowest BCUT2D eigenvalue weighted by atomic mass is 10.1. The summed E-state index contributed by atoms with van der Waals surface area (Å²) in [5.74, 6) is 1.50. The van der Waals surface area contributed by atoms with Crippen LogP contribution in [0.2, 0.25) is 0 Å². The average Bonchev–Trinajstić information content (AvgIpc) is 2.67. The number of ether oxygens (including phenoxy) is 1. The first-order chi connectivity index (χ1) is 11.8. The van der Waals surface area contributed by atoms with E-state index in [0.717, 1.165) is 33.3 Å². The lowest BCUT2D eigenvalue weighted by Crippen LogP contribution is -1.94. The molecule has 0 radical (unpaired) electrons. The maximum absolute atomic E-state index is 9.34. The van der Waals surface area contributed by atoms with E-state index in [2.05, 4.69) is 16.0 Å². The zero-order chi connectivity index (χ0) is 16.8. The fourth-order valence-electron chi connectivity index (χ4n) is 2.27. The molecule has 2 aromatic heterocycles. The minimum Gasteiger partial charge on any atom is -0.496 e. The van der Waals surface area contributed by atoms with Gasteiger partial charge in [-0.3, -0.25) is 4.98 Å². The van der Waals surface area contributed by atoms with Crippen LogP contribution in [0, 0.1) is 11.3 Å². The summed E-state index contributed by atoms with van der Waals surface area (Å²) >= 11 is 1.54. The third-order valence-corrected chi connectivity index (χ3v) is 4.55. The number of thioether (sulfide) groups is 1. The molecule has 5 heteroatoms. The van der Waals surface area contributed by atoms with Crippen LogP contribution in [0.25, 0.3) is 11.3 Å². The van der Waals surface area contributed by atoms with Crippen molar-refractivity contribution in [3.05, 3.63) is 72.1 Å². The molecule has 4 nitrogen and oxygen atoms in total. The van der Waals surface area contributed by atoms with E-state index in [-0.39, 0.29) is 0 Å². The van der Waals surface area contributed by atoms with Crippen molar-refractivity contribution < 1.29 is 4.74 Å². The van der Waals surface area contributed by atoms with E-state index in [1.165, 1.54) is 0 Å². The summed E-state index contributed by atoms with van der Waals surface area (Å²) in [7, 11) is 1.64. The smallest absolute Gasteiger partial charge is 0.128 e. The molecule has 0 aliphatic heterocycles. The fourth-order valence-corrected chi connectivity index (χ4v) is 3.20. The van der Waals surface area contributed by atoms with Crippen LogP contribution in [0.4, 0.5) is 0 Å². The molecule has 0 aliphatic carbocycles. The first-order valence-corrected chi connectivity index (χ1v) is 8.36. The largest absolute Gasteiger partial charge is 0.496 e. The van der Waals surface area contributed by atoms with Gasteiger partial charge < -0.3 is 4.74 Å². The normalized spacial score (nSPS) is 10.2. The predicted molar refractivity (Wildman–Crippen MR) is 94.7 cm³/mol. The standard InChI is InChI=1S/C19H15N3OS/c1-23-18-5-3-2-4-16(18)17-7-6-15(12-20)19(22-17)24-13-14-8-10-21-11-9-14/h2-11H,13H2,1H3. The molecule has 3 rings (SSSR count). The number of para-hydroxylation sites is 1. The number of nitrogens with zero attached hydrogens (tertiary/aromatic N) is 3. The maximum atomic E-state index is 9.34. The topological polar surface area (TPSA) is 58.8 Å². The lowest BCUT2D eigenvalue weighted by Gasteiger charge is -2.10. The molecule has 0 saturated heterocycles. The maximum Gasteiger partial charge on any atom is 0.128 e. The number of hydrogen-bond donors (Lipinski definition) is 0. The molecule has 0 aliphatic rings. The summed E-state index contributed by atoms with van der Waals surface area (Å²) in [6.45, 7) is 0. The Morgan fingerprint density at radius 3 is 2.62 bits per heavy atom. The summed E-state index contributed by atoms with van der Waals surface area (Å²) in [6, 6.07) is 17.5. The van der Waals surface area contributed by atoms with E-state index in [1.807, 2.05) is 48.5 Å². The molecular weight excluding hydrogens is 318 g/mol. The van der Waals surface area contributed by atoms with E-state index >= 15 is 0 Å². The SMILES string of the molecule is COc1ccccc1-c1ccc(C#N)c(SCc2ccncc2)n1. The highest BCUT2D eigenvalue weighted by Gasteiger charge is 2.11. The van der Waals surface area contributed by atoms with Crippen LogP contribution < -0.4 is 4.74 Å². The first kappa shape index (κ1) is 16.0. The third kappa shape index (κ3) is 3.55. The molecule has 0 saturated carbocycles. The summed E-state index contributed by atoms with van der Waals surface area (Å²) in [4.78, 5) is 8.70. The van der Waals surface area contributed by atoms with Gasteiger partial charge in [0.25, 0.3) is 0 Å². The third-order valence-electron chi connectivity index (χ3n) is 3.49. The second-order valence-corrected chi connectivity index (χ2v) is 5.97. The molecular formula is C19H15N3OS. The van der Waals surface area contributed by atoms with Gasteiger partial charge >= 0.3 is 0 Å². The quantitative estimate of drug-likeness (QED) is 0.651. The van der Waals surface area contributed by atoms with Crippen molar-refractivity contribution in [1.82, 2.24) is 9.97 Å². The minimum atomic E-state index is 0.577. The number of rotatable bonds is 5. The molecule has 24 heavy (non-hydrogen) atoms. The highest BCUT2D eigenvalue weighted by molar-refractivity contribution is 7.98. The monoisotopic (exact) mass is 333 g/mol. The highest BCUT2D eigenvalue weighted by Crippen LogP contribution is 2.31. The number of pyridine rings is 2. The Hall–Kier alpha value is -2.84. The molecule has 0 atom stereocenters. The van der Waals surface area contributed by atoms with Gasteiger partial charge in [-0.2, -0.15) is 5.26 Å². The van der Waals surface area contributed by atoms with Gasteiger partial charge in [0.2, 0.25) is 0 Å². The second-order valence-electron chi connectivity index (χ2n) is 5.01. The Morgan fingerprint density at radius 1 is 1.08 bits per heavy atom. The number of aromatic nitrogens is 2. The molecule has 118 valence electrons. The zero-order valence-corrected chi connectivity index (χ0v) is 14.0. The molecule has 0 amide bonds. The van der Waals surface area contributed by atoms with Crippen molar-refractivity contribution in [2.45, 2.75) is 10.8 Å². The summed E-state index contributed by atoms with van der Waals surface area (Å²) < 4.78 is 5.41. The Bertz CT molecular complexity index is 875. The molecule has 1 aromatic carbocycles. The van der Waals surface area contributed by atoms with Crippen molar-refractivity contribution in [2.24, 2.45) is 0 Å². The van der Waals surface area contributed by atoms with Gasteiger partial charge in [-0.25, -0.2) is 4.98 Å². The zero-order valence-electron chi connectivity index (χ0n) is 13.1. The van der Waals surface area contributed by atoms with Crippen LogP contribution in [0.5, 0.6) is 5.75 Å². The van der Waals surface area contributed by atoms with Crippen molar-refractivity contribution >= 4 is 11.8 Å². The molecule has 3 aromatic rings. The van der Waals surface area contributed by atoms with E-state index in [4.69, 9.17) is 4.74 Å². The van der Waals surface area contributed by atoms with Gasteiger partial charge in [0, 0.05) is 23.7 Å². The van der Waals surface area contributed by atoms with Crippen LogP contribution in [-0.2, 0) is 5.75 Å². The number of nitriles is 1. The number of methoxy groups -OCH3 is 1.